The van der Waals surface area contributed by atoms with Crippen molar-refractivity contribution in [3.8, 4) is 0 Å². The molecular formula is C20H30N4O2S. The van der Waals surface area contributed by atoms with Gasteiger partial charge in [0.25, 0.3) is 0 Å². The number of piperidine rings is 1. The van der Waals surface area contributed by atoms with Crippen LogP contribution in [-0.2, 0) is 16.6 Å². The average molecular weight is 391 g/mol. The number of nitrogens with zero attached hydrogens (tertiary/aromatic N) is 2. The fraction of sp³-hybridized carbons (Fsp3) is 0.550. The molecule has 2 aliphatic rings. The lowest BCUT2D eigenvalue weighted by Crippen LogP contribution is -2.42. The summed E-state index contributed by atoms with van der Waals surface area (Å²) >= 11 is 0. The van der Waals surface area contributed by atoms with Crippen molar-refractivity contribution >= 4 is 16.0 Å². The van der Waals surface area contributed by atoms with Crippen molar-refractivity contribution < 1.29 is 8.42 Å². The Labute approximate surface area is 162 Å². The first-order valence-corrected chi connectivity index (χ1v) is 11.1. The first-order chi connectivity index (χ1) is 13.0. The minimum absolute atomic E-state index is 0.375. The number of guanidine groups is 1. The molecule has 7 heteroatoms. The Bertz CT molecular complexity index is 779. The molecule has 0 spiro atoms. The van der Waals surface area contributed by atoms with E-state index in [0.29, 0.717) is 36.5 Å². The highest BCUT2D eigenvalue weighted by Gasteiger charge is 2.28. The summed E-state index contributed by atoms with van der Waals surface area (Å²) in [6.45, 7) is 3.94. The van der Waals surface area contributed by atoms with Gasteiger partial charge in [-0.05, 0) is 49.3 Å². The van der Waals surface area contributed by atoms with Crippen LogP contribution >= 0.6 is 0 Å². The first kappa shape index (κ1) is 19.9. The second-order valence-electron chi connectivity index (χ2n) is 7.46. The van der Waals surface area contributed by atoms with E-state index in [1.54, 1.807) is 23.5 Å². The zero-order chi connectivity index (χ0) is 19.3. The maximum absolute atomic E-state index is 12.8. The molecule has 1 saturated heterocycles. The van der Waals surface area contributed by atoms with Crippen LogP contribution in [0.25, 0.3) is 0 Å². The molecule has 0 bridgehead atoms. The van der Waals surface area contributed by atoms with Crippen molar-refractivity contribution in [3.63, 3.8) is 0 Å². The lowest BCUT2D eigenvalue weighted by Gasteiger charge is -2.30. The quantitative estimate of drug-likeness (QED) is 0.460. The highest BCUT2D eigenvalue weighted by Crippen LogP contribution is 2.23. The van der Waals surface area contributed by atoms with Crippen LogP contribution in [-0.4, -0.2) is 44.9 Å². The molecule has 0 saturated carbocycles. The zero-order valence-corrected chi connectivity index (χ0v) is 17.0. The van der Waals surface area contributed by atoms with Crippen molar-refractivity contribution in [2.24, 2.45) is 10.9 Å². The Hall–Kier alpha value is -1.86. The Morgan fingerprint density at radius 2 is 1.93 bits per heavy atom. The summed E-state index contributed by atoms with van der Waals surface area (Å²) in [6, 6.07) is 7.57. The Balaban J connectivity index is 1.58. The van der Waals surface area contributed by atoms with E-state index in [0.717, 1.165) is 37.2 Å². The summed E-state index contributed by atoms with van der Waals surface area (Å²) in [4.78, 5) is 4.63. The van der Waals surface area contributed by atoms with Gasteiger partial charge in [0.05, 0.1) is 4.90 Å². The van der Waals surface area contributed by atoms with Gasteiger partial charge in [0.15, 0.2) is 5.96 Å². The molecule has 6 nitrogen and oxygen atoms in total. The predicted molar refractivity (Wildman–Crippen MR) is 109 cm³/mol. The summed E-state index contributed by atoms with van der Waals surface area (Å²) < 4.78 is 27.3. The lowest BCUT2D eigenvalue weighted by atomic mass is 10.0. The third-order valence-electron chi connectivity index (χ3n) is 5.21. The molecule has 1 unspecified atom stereocenters. The zero-order valence-electron chi connectivity index (χ0n) is 16.2. The van der Waals surface area contributed by atoms with Crippen LogP contribution < -0.4 is 10.6 Å². The molecule has 1 aliphatic heterocycles. The second-order valence-corrected chi connectivity index (χ2v) is 9.40. The Morgan fingerprint density at radius 3 is 2.56 bits per heavy atom. The maximum atomic E-state index is 12.8. The molecular weight excluding hydrogens is 360 g/mol. The molecule has 0 amide bonds. The van der Waals surface area contributed by atoms with Gasteiger partial charge < -0.3 is 10.6 Å². The van der Waals surface area contributed by atoms with Crippen LogP contribution in [0.15, 0.2) is 46.3 Å². The van der Waals surface area contributed by atoms with Gasteiger partial charge in [-0.1, -0.05) is 31.2 Å². The molecule has 1 aromatic rings. The number of sulfonamides is 1. The average Bonchev–Trinajstić information content (AvgIpc) is 3.18. The van der Waals surface area contributed by atoms with Gasteiger partial charge in [0.1, 0.15) is 0 Å². The van der Waals surface area contributed by atoms with E-state index in [2.05, 4.69) is 34.7 Å². The molecule has 27 heavy (non-hydrogen) atoms. The number of aliphatic imine (C=N–C) groups is 1. The minimum atomic E-state index is -3.39. The molecule has 148 valence electrons. The molecule has 1 aromatic carbocycles. The van der Waals surface area contributed by atoms with E-state index in [-0.39, 0.29) is 0 Å². The standard InChI is InChI=1S/C20H30N4O2S/c1-16-6-5-13-24(15-16)27(25,26)19-11-9-17(10-12-19)14-22-20(21-2)23-18-7-3-4-8-18/h3-4,9-12,16,18H,5-8,13-15H2,1-2H3,(H2,21,22,23). The number of benzene rings is 1. The van der Waals surface area contributed by atoms with Gasteiger partial charge >= 0.3 is 0 Å². The van der Waals surface area contributed by atoms with Gasteiger partial charge in [-0.25, -0.2) is 8.42 Å². The van der Waals surface area contributed by atoms with Gasteiger partial charge in [-0.15, -0.1) is 0 Å². The Morgan fingerprint density at radius 1 is 1.22 bits per heavy atom. The summed E-state index contributed by atoms with van der Waals surface area (Å²) in [7, 11) is -1.64. The minimum Gasteiger partial charge on any atom is -0.353 e. The smallest absolute Gasteiger partial charge is 0.243 e. The molecule has 0 aromatic heterocycles. The van der Waals surface area contributed by atoms with E-state index in [1.807, 2.05) is 12.1 Å². The summed E-state index contributed by atoms with van der Waals surface area (Å²) in [6.07, 6.45) is 8.42. The van der Waals surface area contributed by atoms with Gasteiger partial charge in [0, 0.05) is 32.7 Å². The van der Waals surface area contributed by atoms with Crippen LogP contribution in [0, 0.1) is 5.92 Å². The normalized spacial score (nSPS) is 22.1. The monoisotopic (exact) mass is 390 g/mol. The highest BCUT2D eigenvalue weighted by molar-refractivity contribution is 7.89. The first-order valence-electron chi connectivity index (χ1n) is 9.70. The molecule has 3 rings (SSSR count). The van der Waals surface area contributed by atoms with Crippen molar-refractivity contribution in [3.05, 3.63) is 42.0 Å². The molecule has 1 heterocycles. The van der Waals surface area contributed by atoms with Crippen molar-refractivity contribution in [2.75, 3.05) is 20.1 Å². The van der Waals surface area contributed by atoms with Crippen LogP contribution in [0.3, 0.4) is 0 Å². The number of hydrogen-bond donors (Lipinski definition) is 2. The van der Waals surface area contributed by atoms with Gasteiger partial charge in [0.2, 0.25) is 10.0 Å². The van der Waals surface area contributed by atoms with E-state index in [4.69, 9.17) is 0 Å². The summed E-state index contributed by atoms with van der Waals surface area (Å²) in [5, 5.41) is 6.68. The number of nitrogens with one attached hydrogen (secondary N) is 2. The van der Waals surface area contributed by atoms with Crippen LogP contribution in [0.2, 0.25) is 0 Å². The maximum Gasteiger partial charge on any atom is 0.243 e. The molecule has 2 N–H and O–H groups in total. The fourth-order valence-corrected chi connectivity index (χ4v) is 5.20. The number of rotatable bonds is 5. The third-order valence-corrected chi connectivity index (χ3v) is 7.09. The molecule has 1 aliphatic carbocycles. The van der Waals surface area contributed by atoms with Crippen molar-refractivity contribution in [1.29, 1.82) is 0 Å². The highest BCUT2D eigenvalue weighted by atomic mass is 32.2. The van der Waals surface area contributed by atoms with Gasteiger partial charge in [-0.2, -0.15) is 4.31 Å². The molecule has 1 fully saturated rings. The van der Waals surface area contributed by atoms with E-state index in [9.17, 15) is 8.42 Å². The summed E-state index contributed by atoms with van der Waals surface area (Å²) in [5.74, 6) is 1.19. The van der Waals surface area contributed by atoms with Crippen LogP contribution in [0.1, 0.15) is 38.2 Å². The molecule has 0 radical (unpaired) electrons. The topological polar surface area (TPSA) is 73.8 Å². The Kier molecular flexibility index (Phi) is 6.55. The van der Waals surface area contributed by atoms with Crippen LogP contribution in [0.4, 0.5) is 0 Å². The van der Waals surface area contributed by atoms with Crippen LogP contribution in [0.5, 0.6) is 0 Å². The lowest BCUT2D eigenvalue weighted by molar-refractivity contribution is 0.281. The summed E-state index contributed by atoms with van der Waals surface area (Å²) in [5.41, 5.74) is 1.02. The molecule has 1 atom stereocenters. The fourth-order valence-electron chi connectivity index (χ4n) is 3.60. The predicted octanol–water partition coefficient (Wildman–Crippen LogP) is 2.49. The van der Waals surface area contributed by atoms with Crippen molar-refractivity contribution in [2.45, 2.75) is 50.1 Å². The SMILES string of the molecule is CN=C(NCc1ccc(S(=O)(=O)N2CCCC(C)C2)cc1)NC1CC=CC1. The van der Waals surface area contributed by atoms with E-state index in [1.165, 1.54) is 0 Å². The largest absolute Gasteiger partial charge is 0.353 e. The van der Waals surface area contributed by atoms with E-state index < -0.39 is 10.0 Å². The van der Waals surface area contributed by atoms with E-state index >= 15 is 0 Å². The number of hydrogen-bond acceptors (Lipinski definition) is 3. The third kappa shape index (κ3) is 5.11. The second kappa shape index (κ2) is 8.89. The van der Waals surface area contributed by atoms with Crippen molar-refractivity contribution in [1.82, 2.24) is 14.9 Å². The van der Waals surface area contributed by atoms with Gasteiger partial charge in [-0.3, -0.25) is 4.99 Å².